The zero-order chi connectivity index (χ0) is 14.6. The van der Waals surface area contributed by atoms with E-state index in [1.54, 1.807) is 5.57 Å². The van der Waals surface area contributed by atoms with Crippen LogP contribution in [0.5, 0.6) is 0 Å². The quantitative estimate of drug-likeness (QED) is 0.625. The summed E-state index contributed by atoms with van der Waals surface area (Å²) in [5.41, 5.74) is 4.70. The maximum absolute atomic E-state index is 11.7. The number of hydrogen-bond acceptors (Lipinski definition) is 1. The second-order valence-electron chi connectivity index (χ2n) is 7.28. The molecule has 4 aliphatic rings. The van der Waals surface area contributed by atoms with Crippen molar-refractivity contribution in [1.82, 2.24) is 0 Å². The topological polar surface area (TPSA) is 17.1 Å². The van der Waals surface area contributed by atoms with Gasteiger partial charge in [0.2, 0.25) is 0 Å². The summed E-state index contributed by atoms with van der Waals surface area (Å²) in [5, 5.41) is 0.342. The largest absolute Gasteiger partial charge is 0.295 e. The van der Waals surface area contributed by atoms with Crippen molar-refractivity contribution in [3.63, 3.8) is 0 Å². The van der Waals surface area contributed by atoms with Gasteiger partial charge in [0.05, 0.1) is 0 Å². The molecule has 1 fully saturated rings. The molecule has 21 heavy (non-hydrogen) atoms. The van der Waals surface area contributed by atoms with Crippen LogP contribution in [0.2, 0.25) is 0 Å². The number of rotatable bonds is 1. The van der Waals surface area contributed by atoms with Crippen molar-refractivity contribution in [2.75, 3.05) is 0 Å². The van der Waals surface area contributed by atoms with Crippen LogP contribution in [0.15, 0.2) is 34.9 Å². The Morgan fingerprint density at radius 1 is 1.33 bits per heavy atom. The van der Waals surface area contributed by atoms with Crippen LogP contribution >= 0.6 is 11.6 Å². The average Bonchev–Trinajstić information content (AvgIpc) is 2.83. The Kier molecular flexibility index (Phi) is 3.19. The van der Waals surface area contributed by atoms with Gasteiger partial charge in [-0.05, 0) is 78.6 Å². The third-order valence-corrected chi connectivity index (χ3v) is 6.74. The maximum atomic E-state index is 11.7. The van der Waals surface area contributed by atoms with E-state index in [-0.39, 0.29) is 0 Å². The summed E-state index contributed by atoms with van der Waals surface area (Å²) >= 11 is 6.54. The number of fused-ring (bicyclic) bond motifs is 4. The Bertz CT molecular complexity index is 582. The first kappa shape index (κ1) is 13.8. The minimum atomic E-state index is 0.317. The summed E-state index contributed by atoms with van der Waals surface area (Å²) in [4.78, 5) is 11.7. The zero-order valence-corrected chi connectivity index (χ0v) is 13.5. The summed E-state index contributed by atoms with van der Waals surface area (Å²) in [6, 6.07) is 0. The van der Waals surface area contributed by atoms with E-state index in [4.69, 9.17) is 11.6 Å². The molecule has 4 aliphatic carbocycles. The predicted molar refractivity (Wildman–Crippen MR) is 86.3 cm³/mol. The Balaban J connectivity index is 1.80. The van der Waals surface area contributed by atoms with E-state index in [1.807, 2.05) is 6.08 Å². The first-order chi connectivity index (χ1) is 10.1. The van der Waals surface area contributed by atoms with Crippen molar-refractivity contribution in [3.8, 4) is 0 Å². The first-order valence-electron chi connectivity index (χ1n) is 8.43. The van der Waals surface area contributed by atoms with Crippen LogP contribution in [0.1, 0.15) is 51.9 Å². The van der Waals surface area contributed by atoms with Crippen LogP contribution in [0.3, 0.4) is 0 Å². The number of alkyl halides is 1. The van der Waals surface area contributed by atoms with Gasteiger partial charge >= 0.3 is 0 Å². The van der Waals surface area contributed by atoms with Crippen molar-refractivity contribution in [3.05, 3.63) is 34.9 Å². The number of halogens is 1. The molecule has 0 aromatic carbocycles. The Labute approximate surface area is 132 Å². The Hall–Kier alpha value is -0.820. The maximum Gasteiger partial charge on any atom is 0.156 e. The molecular formula is C19H23ClO. The third kappa shape index (κ3) is 2.00. The first-order valence-corrected chi connectivity index (χ1v) is 8.87. The molecule has 0 spiro atoms. The van der Waals surface area contributed by atoms with Gasteiger partial charge in [-0.25, -0.2) is 0 Å². The monoisotopic (exact) mass is 302 g/mol. The summed E-state index contributed by atoms with van der Waals surface area (Å²) in [7, 11) is 0. The van der Waals surface area contributed by atoms with E-state index in [0.29, 0.717) is 28.9 Å². The zero-order valence-electron chi connectivity index (χ0n) is 12.7. The van der Waals surface area contributed by atoms with E-state index in [9.17, 15) is 4.79 Å². The highest BCUT2D eigenvalue weighted by molar-refractivity contribution is 6.20. The van der Waals surface area contributed by atoms with Gasteiger partial charge in [0.25, 0.3) is 0 Å². The lowest BCUT2D eigenvalue weighted by atomic mass is 9.59. The van der Waals surface area contributed by atoms with Gasteiger partial charge in [-0.2, -0.15) is 0 Å². The van der Waals surface area contributed by atoms with Crippen LogP contribution in [0.25, 0.3) is 0 Å². The molecule has 4 rings (SSSR count). The van der Waals surface area contributed by atoms with Crippen LogP contribution in [0, 0.1) is 17.3 Å². The molecule has 0 heterocycles. The highest BCUT2D eigenvalue weighted by Crippen LogP contribution is 2.59. The Morgan fingerprint density at radius 2 is 2.19 bits per heavy atom. The standard InChI is InChI=1S/C19H23ClO/c1-2-19-8-7-16-15-6-4-14(21)9-12(15)3-5-17(16)18(19)10-13(20)11-19/h7-9,13,17-18H,2-6,10-11H2,1H3/t13?,17-,18+,19-/m1/s1. The van der Waals surface area contributed by atoms with E-state index in [1.165, 1.54) is 30.4 Å². The third-order valence-electron chi connectivity index (χ3n) is 6.41. The SMILES string of the molecule is CC[C@]12C=CC3=C4CCC(=O)C=C4CC[C@H]3[C@@H]1CC(Cl)C2. The highest BCUT2D eigenvalue weighted by atomic mass is 35.5. The Morgan fingerprint density at radius 3 is 3.00 bits per heavy atom. The lowest BCUT2D eigenvalue weighted by molar-refractivity contribution is -0.114. The molecule has 1 unspecified atom stereocenters. The van der Waals surface area contributed by atoms with Gasteiger partial charge in [-0.1, -0.05) is 19.1 Å². The van der Waals surface area contributed by atoms with Gasteiger partial charge in [-0.15, -0.1) is 11.6 Å². The molecule has 0 amide bonds. The normalized spacial score (nSPS) is 41.5. The van der Waals surface area contributed by atoms with Crippen LogP contribution < -0.4 is 0 Å². The highest BCUT2D eigenvalue weighted by Gasteiger charge is 2.50. The van der Waals surface area contributed by atoms with Crippen LogP contribution in [0.4, 0.5) is 0 Å². The van der Waals surface area contributed by atoms with Crippen LogP contribution in [-0.4, -0.2) is 11.2 Å². The van der Waals surface area contributed by atoms with Crippen molar-refractivity contribution in [2.24, 2.45) is 17.3 Å². The van der Waals surface area contributed by atoms with Gasteiger partial charge < -0.3 is 0 Å². The molecule has 0 aromatic heterocycles. The van der Waals surface area contributed by atoms with Crippen molar-refractivity contribution >= 4 is 17.4 Å². The van der Waals surface area contributed by atoms with Gasteiger partial charge in [0.15, 0.2) is 5.78 Å². The molecule has 0 saturated heterocycles. The number of carbonyl (C=O) groups is 1. The molecule has 112 valence electrons. The molecule has 0 N–H and O–H groups in total. The van der Waals surface area contributed by atoms with E-state index < -0.39 is 0 Å². The summed E-state index contributed by atoms with van der Waals surface area (Å²) < 4.78 is 0. The molecule has 1 nitrogen and oxygen atoms in total. The molecular weight excluding hydrogens is 280 g/mol. The minimum Gasteiger partial charge on any atom is -0.295 e. The van der Waals surface area contributed by atoms with Gasteiger partial charge in [-0.3, -0.25) is 4.79 Å². The number of hydrogen-bond donors (Lipinski definition) is 0. The lowest BCUT2D eigenvalue weighted by Gasteiger charge is -2.45. The second kappa shape index (κ2) is 4.84. The fourth-order valence-electron chi connectivity index (χ4n) is 5.34. The van der Waals surface area contributed by atoms with E-state index in [2.05, 4.69) is 19.1 Å². The number of ketones is 1. The molecule has 4 atom stereocenters. The smallest absolute Gasteiger partial charge is 0.156 e. The fourth-order valence-corrected chi connectivity index (χ4v) is 5.82. The van der Waals surface area contributed by atoms with E-state index >= 15 is 0 Å². The average molecular weight is 303 g/mol. The fraction of sp³-hybridized carbons (Fsp3) is 0.632. The van der Waals surface area contributed by atoms with E-state index in [0.717, 1.165) is 25.2 Å². The minimum absolute atomic E-state index is 0.317. The molecule has 0 bridgehead atoms. The van der Waals surface area contributed by atoms with Crippen molar-refractivity contribution in [2.45, 2.75) is 57.2 Å². The summed E-state index contributed by atoms with van der Waals surface area (Å²) in [6.07, 6.45) is 14.3. The number of allylic oxidation sites excluding steroid dienone is 6. The van der Waals surface area contributed by atoms with Gasteiger partial charge in [0.1, 0.15) is 0 Å². The summed E-state index contributed by atoms with van der Waals surface area (Å²) in [5.74, 6) is 1.72. The molecule has 1 saturated carbocycles. The molecule has 0 radical (unpaired) electrons. The number of carbonyl (C=O) groups excluding carboxylic acids is 1. The summed E-state index contributed by atoms with van der Waals surface area (Å²) in [6.45, 7) is 2.32. The molecule has 0 aliphatic heterocycles. The van der Waals surface area contributed by atoms with Crippen molar-refractivity contribution in [1.29, 1.82) is 0 Å². The molecule has 0 aromatic rings. The van der Waals surface area contributed by atoms with Crippen LogP contribution in [-0.2, 0) is 4.79 Å². The second-order valence-corrected chi connectivity index (χ2v) is 7.90. The predicted octanol–water partition coefficient (Wildman–Crippen LogP) is 4.97. The lowest BCUT2D eigenvalue weighted by Crippen LogP contribution is -2.35. The molecule has 2 heteroatoms. The van der Waals surface area contributed by atoms with Crippen molar-refractivity contribution < 1.29 is 4.79 Å². The van der Waals surface area contributed by atoms with Gasteiger partial charge in [0, 0.05) is 11.8 Å².